The zero-order valence-corrected chi connectivity index (χ0v) is 17.7. The second kappa shape index (κ2) is 9.93. The second-order valence-electron chi connectivity index (χ2n) is 6.92. The summed E-state index contributed by atoms with van der Waals surface area (Å²) in [6.07, 6.45) is 4.30. The van der Waals surface area contributed by atoms with Crippen LogP contribution in [0.4, 0.5) is 10.1 Å². The van der Waals surface area contributed by atoms with Gasteiger partial charge in [-0.2, -0.15) is 0 Å². The second-order valence-corrected chi connectivity index (χ2v) is 7.90. The van der Waals surface area contributed by atoms with Crippen LogP contribution < -0.4 is 5.32 Å². The van der Waals surface area contributed by atoms with Gasteiger partial charge in [0, 0.05) is 29.5 Å². The highest BCUT2D eigenvalue weighted by molar-refractivity contribution is 7.10. The van der Waals surface area contributed by atoms with Gasteiger partial charge in [0.25, 0.3) is 11.8 Å². The van der Waals surface area contributed by atoms with Gasteiger partial charge in [-0.1, -0.05) is 36.4 Å². The van der Waals surface area contributed by atoms with E-state index in [-0.39, 0.29) is 12.2 Å². The molecular weight excluding hydrogens is 427 g/mol. The first-order valence-corrected chi connectivity index (χ1v) is 10.7. The summed E-state index contributed by atoms with van der Waals surface area (Å²) in [5.74, 6) is -1.23. The van der Waals surface area contributed by atoms with Crippen LogP contribution in [0.1, 0.15) is 27.0 Å². The molecular formula is C24H19FN4O2S. The fourth-order valence-corrected chi connectivity index (χ4v) is 4.07. The highest BCUT2D eigenvalue weighted by atomic mass is 32.1. The van der Waals surface area contributed by atoms with Crippen molar-refractivity contribution in [3.8, 4) is 0 Å². The Morgan fingerprint density at radius 2 is 1.78 bits per heavy atom. The summed E-state index contributed by atoms with van der Waals surface area (Å²) in [5, 5.41) is 4.65. The van der Waals surface area contributed by atoms with Crippen LogP contribution in [-0.4, -0.2) is 26.7 Å². The molecule has 6 nitrogen and oxygen atoms in total. The molecule has 0 aliphatic carbocycles. The summed E-state index contributed by atoms with van der Waals surface area (Å²) in [6, 6.07) is 17.6. The number of hydrogen-bond acceptors (Lipinski definition) is 5. The van der Waals surface area contributed by atoms with Gasteiger partial charge in [-0.05, 0) is 41.3 Å². The van der Waals surface area contributed by atoms with Gasteiger partial charge in [0.05, 0.1) is 6.20 Å². The van der Waals surface area contributed by atoms with Crippen molar-refractivity contribution in [2.24, 2.45) is 0 Å². The van der Waals surface area contributed by atoms with E-state index in [1.807, 2.05) is 47.8 Å². The van der Waals surface area contributed by atoms with Gasteiger partial charge in [0.1, 0.15) is 17.6 Å². The number of carbonyl (C=O) groups is 2. The lowest BCUT2D eigenvalue weighted by molar-refractivity contribution is -0.120. The summed E-state index contributed by atoms with van der Waals surface area (Å²) in [4.78, 5) is 37.2. The Bertz CT molecular complexity index is 1170. The summed E-state index contributed by atoms with van der Waals surface area (Å²) < 4.78 is 13.3. The number of nitrogens with one attached hydrogen (secondary N) is 1. The van der Waals surface area contributed by atoms with Gasteiger partial charge in [-0.3, -0.25) is 14.6 Å². The molecule has 2 aromatic heterocycles. The number of amides is 2. The fraction of sp³-hybridized carbons (Fsp3) is 0.0833. The molecule has 8 heteroatoms. The van der Waals surface area contributed by atoms with Crippen LogP contribution in [-0.2, 0) is 11.3 Å². The van der Waals surface area contributed by atoms with E-state index in [0.717, 1.165) is 5.56 Å². The molecule has 160 valence electrons. The van der Waals surface area contributed by atoms with Gasteiger partial charge in [-0.25, -0.2) is 9.37 Å². The number of thiophene rings is 1. The van der Waals surface area contributed by atoms with Crippen LogP contribution >= 0.6 is 11.3 Å². The van der Waals surface area contributed by atoms with Crippen molar-refractivity contribution in [3.05, 3.63) is 113 Å². The third-order valence-electron chi connectivity index (χ3n) is 4.72. The van der Waals surface area contributed by atoms with Crippen LogP contribution in [0.25, 0.3) is 0 Å². The van der Waals surface area contributed by atoms with Crippen molar-refractivity contribution in [1.82, 2.24) is 14.9 Å². The number of anilines is 1. The molecule has 32 heavy (non-hydrogen) atoms. The van der Waals surface area contributed by atoms with Crippen LogP contribution in [0, 0.1) is 5.82 Å². The Hall–Kier alpha value is -3.91. The fourth-order valence-electron chi connectivity index (χ4n) is 3.23. The Labute approximate surface area is 188 Å². The molecule has 0 spiro atoms. The molecule has 1 N–H and O–H groups in total. The molecule has 2 amide bonds. The quantitative estimate of drug-likeness (QED) is 0.447. The predicted octanol–water partition coefficient (Wildman–Crippen LogP) is 4.70. The first-order valence-electron chi connectivity index (χ1n) is 9.82. The SMILES string of the molecule is O=C(Nc1ccc(F)cc1)C(c1cccs1)N(Cc1ccccc1)C(=O)c1cnccn1. The average molecular weight is 447 g/mol. The zero-order valence-electron chi connectivity index (χ0n) is 16.9. The highest BCUT2D eigenvalue weighted by Gasteiger charge is 2.33. The minimum absolute atomic E-state index is 0.138. The Kier molecular flexibility index (Phi) is 6.62. The number of halogens is 1. The minimum Gasteiger partial charge on any atom is -0.324 e. The molecule has 4 aromatic rings. The van der Waals surface area contributed by atoms with Gasteiger partial charge < -0.3 is 10.2 Å². The number of nitrogens with zero attached hydrogens (tertiary/aromatic N) is 3. The largest absolute Gasteiger partial charge is 0.324 e. The van der Waals surface area contributed by atoms with Crippen LogP contribution in [0.5, 0.6) is 0 Å². The van der Waals surface area contributed by atoms with Gasteiger partial charge >= 0.3 is 0 Å². The minimum atomic E-state index is -0.922. The molecule has 0 aliphatic heterocycles. The highest BCUT2D eigenvalue weighted by Crippen LogP contribution is 2.29. The first-order chi connectivity index (χ1) is 15.6. The predicted molar refractivity (Wildman–Crippen MR) is 120 cm³/mol. The topological polar surface area (TPSA) is 75.2 Å². The monoisotopic (exact) mass is 446 g/mol. The zero-order chi connectivity index (χ0) is 22.3. The Balaban J connectivity index is 1.73. The lowest BCUT2D eigenvalue weighted by Crippen LogP contribution is -2.41. The molecule has 0 bridgehead atoms. The normalized spacial score (nSPS) is 11.5. The maximum atomic E-state index is 13.5. The van der Waals surface area contributed by atoms with Gasteiger partial charge in [0.2, 0.25) is 0 Å². The molecule has 0 saturated heterocycles. The van der Waals surface area contributed by atoms with E-state index in [1.165, 1.54) is 59.1 Å². The lowest BCUT2D eigenvalue weighted by Gasteiger charge is -2.30. The summed E-state index contributed by atoms with van der Waals surface area (Å²) in [5.41, 5.74) is 1.44. The molecule has 0 fully saturated rings. The van der Waals surface area contributed by atoms with E-state index in [0.29, 0.717) is 10.6 Å². The Morgan fingerprint density at radius 1 is 1.00 bits per heavy atom. The molecule has 1 atom stereocenters. The molecule has 4 rings (SSSR count). The smallest absolute Gasteiger partial charge is 0.275 e. The van der Waals surface area contributed by atoms with Gasteiger partial charge in [-0.15, -0.1) is 11.3 Å². The van der Waals surface area contributed by atoms with E-state index in [1.54, 1.807) is 0 Å². The number of hydrogen-bond donors (Lipinski definition) is 1. The van der Waals surface area contributed by atoms with Crippen molar-refractivity contribution in [1.29, 1.82) is 0 Å². The molecule has 0 aliphatic rings. The van der Waals surface area contributed by atoms with Crippen molar-refractivity contribution in [2.75, 3.05) is 5.32 Å². The van der Waals surface area contributed by atoms with E-state index in [2.05, 4.69) is 15.3 Å². The van der Waals surface area contributed by atoms with Gasteiger partial charge in [0.15, 0.2) is 0 Å². The molecule has 1 unspecified atom stereocenters. The maximum Gasteiger partial charge on any atom is 0.275 e. The molecule has 2 aromatic carbocycles. The number of benzene rings is 2. The number of carbonyl (C=O) groups excluding carboxylic acids is 2. The third-order valence-corrected chi connectivity index (χ3v) is 5.65. The third kappa shape index (κ3) is 5.04. The summed E-state index contributed by atoms with van der Waals surface area (Å²) >= 11 is 1.37. The lowest BCUT2D eigenvalue weighted by atomic mass is 10.1. The first kappa shape index (κ1) is 21.3. The van der Waals surface area contributed by atoms with Crippen LogP contribution in [0.3, 0.4) is 0 Å². The molecule has 2 heterocycles. The van der Waals surface area contributed by atoms with Crippen molar-refractivity contribution < 1.29 is 14.0 Å². The maximum absolute atomic E-state index is 13.5. The average Bonchev–Trinajstić information content (AvgIpc) is 3.35. The van der Waals surface area contributed by atoms with Crippen molar-refractivity contribution >= 4 is 28.8 Å². The van der Waals surface area contributed by atoms with Crippen LogP contribution in [0.2, 0.25) is 0 Å². The summed E-state index contributed by atoms with van der Waals surface area (Å²) in [6.45, 7) is 0.190. The number of aromatic nitrogens is 2. The number of rotatable bonds is 7. The van der Waals surface area contributed by atoms with E-state index in [4.69, 9.17) is 0 Å². The standard InChI is InChI=1S/C24H19FN4O2S/c25-18-8-10-19(11-9-18)28-23(30)22(21-7-4-14-32-21)29(16-17-5-2-1-3-6-17)24(31)20-15-26-12-13-27-20/h1-15,22H,16H2,(H,28,30). The van der Waals surface area contributed by atoms with Crippen molar-refractivity contribution in [2.45, 2.75) is 12.6 Å². The van der Waals surface area contributed by atoms with E-state index >= 15 is 0 Å². The molecule has 0 radical (unpaired) electrons. The van der Waals surface area contributed by atoms with Crippen molar-refractivity contribution in [3.63, 3.8) is 0 Å². The summed E-state index contributed by atoms with van der Waals surface area (Å²) in [7, 11) is 0. The molecule has 0 saturated carbocycles. The Morgan fingerprint density at radius 3 is 2.44 bits per heavy atom. The van der Waals surface area contributed by atoms with E-state index < -0.39 is 23.7 Å². The van der Waals surface area contributed by atoms with Crippen LogP contribution in [0.15, 0.2) is 90.7 Å². The van der Waals surface area contributed by atoms with E-state index in [9.17, 15) is 14.0 Å².